The highest BCUT2D eigenvalue weighted by Crippen LogP contribution is 2.43. The van der Waals surface area contributed by atoms with Gasteiger partial charge in [0, 0.05) is 28.6 Å². The Bertz CT molecular complexity index is 1120. The maximum absolute atomic E-state index is 11.7. The minimum Gasteiger partial charge on any atom is -0.300 e. The van der Waals surface area contributed by atoms with Crippen LogP contribution < -0.4 is 0 Å². The Morgan fingerprint density at radius 2 is 2.00 bits per heavy atom. The van der Waals surface area contributed by atoms with Crippen molar-refractivity contribution in [1.29, 1.82) is 0 Å². The van der Waals surface area contributed by atoms with Gasteiger partial charge in [-0.25, -0.2) is 0 Å². The summed E-state index contributed by atoms with van der Waals surface area (Å²) in [5.41, 5.74) is 3.64. The van der Waals surface area contributed by atoms with Crippen LogP contribution in [0, 0.1) is 0 Å². The molecule has 2 aliphatic rings. The predicted octanol–water partition coefficient (Wildman–Crippen LogP) is 4.56. The van der Waals surface area contributed by atoms with E-state index in [1.165, 1.54) is 0 Å². The minimum atomic E-state index is -0.248. The van der Waals surface area contributed by atoms with Crippen LogP contribution in [-0.4, -0.2) is 31.2 Å². The zero-order chi connectivity index (χ0) is 20.0. The van der Waals surface area contributed by atoms with Crippen LogP contribution in [0.25, 0.3) is 5.69 Å². The number of Topliss-reactive ketones (excluding diaryl/α,β-unsaturated/α-hetero) is 1. The van der Waals surface area contributed by atoms with Gasteiger partial charge in [0.15, 0.2) is 5.82 Å². The summed E-state index contributed by atoms with van der Waals surface area (Å²) < 4.78 is 3.15. The van der Waals surface area contributed by atoms with E-state index in [1.54, 1.807) is 13.1 Å². The zero-order valence-electron chi connectivity index (χ0n) is 16.0. The van der Waals surface area contributed by atoms with Crippen molar-refractivity contribution in [3.63, 3.8) is 0 Å². The Morgan fingerprint density at radius 3 is 2.72 bits per heavy atom. The Kier molecular flexibility index (Phi) is 4.62. The van der Waals surface area contributed by atoms with Gasteiger partial charge >= 0.3 is 0 Å². The molecule has 146 valence electrons. The molecule has 6 nitrogen and oxygen atoms in total. The molecule has 0 bridgehead atoms. The minimum absolute atomic E-state index is 0.151. The Hall–Kier alpha value is -2.67. The lowest BCUT2D eigenvalue weighted by Crippen LogP contribution is -2.10. The standard InChI is InChI=1S/C22H20BrN5O/c1-13(29)5-9-18-22-27-26-21(14-6-7-14)28(22)19-10-8-15(23)12-16(19)20(25-18)17-4-2-3-11-24-17/h2-4,8,10-12,14,18H,5-7,9H2,1H3/t18-/m0/s1. The first-order valence-corrected chi connectivity index (χ1v) is 10.7. The number of rotatable bonds is 5. The van der Waals surface area contributed by atoms with Gasteiger partial charge in [0.25, 0.3) is 0 Å². The lowest BCUT2D eigenvalue weighted by atomic mass is 10.0. The van der Waals surface area contributed by atoms with Crippen molar-refractivity contribution < 1.29 is 4.79 Å². The summed E-state index contributed by atoms with van der Waals surface area (Å²) in [6.07, 6.45) is 5.10. The quantitative estimate of drug-likeness (QED) is 0.571. The molecule has 2 aromatic heterocycles. The van der Waals surface area contributed by atoms with Crippen LogP contribution in [-0.2, 0) is 4.79 Å². The third-order valence-corrected chi connectivity index (χ3v) is 5.86. The zero-order valence-corrected chi connectivity index (χ0v) is 17.6. The lowest BCUT2D eigenvalue weighted by molar-refractivity contribution is -0.117. The van der Waals surface area contributed by atoms with Gasteiger partial charge in [0.1, 0.15) is 17.6 Å². The van der Waals surface area contributed by atoms with Crippen molar-refractivity contribution in [3.05, 3.63) is 70.0 Å². The van der Waals surface area contributed by atoms with E-state index in [0.29, 0.717) is 18.8 Å². The first-order valence-electron chi connectivity index (χ1n) is 9.86. The molecule has 0 radical (unpaired) electrons. The number of pyridine rings is 1. The van der Waals surface area contributed by atoms with Gasteiger partial charge in [-0.1, -0.05) is 22.0 Å². The van der Waals surface area contributed by atoms with Gasteiger partial charge in [0.2, 0.25) is 0 Å². The van der Waals surface area contributed by atoms with E-state index in [4.69, 9.17) is 4.99 Å². The molecule has 1 aliphatic carbocycles. The molecule has 1 aliphatic heterocycles. The molecule has 0 saturated heterocycles. The summed E-state index contributed by atoms with van der Waals surface area (Å²) in [6.45, 7) is 1.62. The van der Waals surface area contributed by atoms with Crippen molar-refractivity contribution in [1.82, 2.24) is 19.7 Å². The fraction of sp³-hybridized carbons (Fsp3) is 0.318. The van der Waals surface area contributed by atoms with E-state index in [9.17, 15) is 4.79 Å². The number of halogens is 1. The highest BCUT2D eigenvalue weighted by Gasteiger charge is 2.35. The second kappa shape index (κ2) is 7.30. The van der Waals surface area contributed by atoms with E-state index < -0.39 is 0 Å². The number of hydrogen-bond donors (Lipinski definition) is 0. The number of benzene rings is 1. The monoisotopic (exact) mass is 449 g/mol. The maximum Gasteiger partial charge on any atom is 0.162 e. The third-order valence-electron chi connectivity index (χ3n) is 5.37. The van der Waals surface area contributed by atoms with Crippen LogP contribution in [0.3, 0.4) is 0 Å². The van der Waals surface area contributed by atoms with E-state index in [1.807, 2.05) is 24.3 Å². The van der Waals surface area contributed by atoms with Crippen LogP contribution in [0.5, 0.6) is 0 Å². The number of aliphatic imine (C=N–C) groups is 1. The molecule has 1 atom stereocenters. The number of nitrogens with zero attached hydrogens (tertiary/aromatic N) is 5. The van der Waals surface area contributed by atoms with Crippen LogP contribution in [0.2, 0.25) is 0 Å². The second-order valence-electron chi connectivity index (χ2n) is 7.64. The van der Waals surface area contributed by atoms with Gasteiger partial charge in [-0.15, -0.1) is 10.2 Å². The number of carbonyl (C=O) groups is 1. The molecule has 0 N–H and O–H groups in total. The molecule has 7 heteroatoms. The molecule has 1 saturated carbocycles. The summed E-state index contributed by atoms with van der Waals surface area (Å²) in [5.74, 6) is 2.40. The molecule has 1 aromatic carbocycles. The second-order valence-corrected chi connectivity index (χ2v) is 8.55. The number of ketones is 1. The average molecular weight is 450 g/mol. The lowest BCUT2D eigenvalue weighted by Gasteiger charge is -2.14. The fourth-order valence-electron chi connectivity index (χ4n) is 3.79. The number of aromatic nitrogens is 4. The van der Waals surface area contributed by atoms with Crippen molar-refractivity contribution >= 4 is 27.4 Å². The molecule has 0 unspecified atom stereocenters. The van der Waals surface area contributed by atoms with Crippen molar-refractivity contribution in [3.8, 4) is 5.69 Å². The summed E-state index contributed by atoms with van der Waals surface area (Å²) >= 11 is 3.61. The molecule has 0 amide bonds. The summed E-state index contributed by atoms with van der Waals surface area (Å²) in [5, 5.41) is 9.08. The average Bonchev–Trinajstić information content (AvgIpc) is 3.49. The third kappa shape index (κ3) is 3.44. The van der Waals surface area contributed by atoms with Crippen molar-refractivity contribution in [2.24, 2.45) is 4.99 Å². The molecule has 3 heterocycles. The summed E-state index contributed by atoms with van der Waals surface area (Å²) in [7, 11) is 0. The highest BCUT2D eigenvalue weighted by atomic mass is 79.9. The molecular weight excluding hydrogens is 430 g/mol. The smallest absolute Gasteiger partial charge is 0.162 e. The highest BCUT2D eigenvalue weighted by molar-refractivity contribution is 9.10. The van der Waals surface area contributed by atoms with Crippen LogP contribution >= 0.6 is 15.9 Å². The number of carbonyl (C=O) groups excluding carboxylic acids is 1. The van der Waals surface area contributed by atoms with Gasteiger partial charge in [-0.3, -0.25) is 14.5 Å². The number of fused-ring (bicyclic) bond motifs is 3. The van der Waals surface area contributed by atoms with Crippen molar-refractivity contribution in [2.45, 2.75) is 44.6 Å². The summed E-state index contributed by atoms with van der Waals surface area (Å²) in [6, 6.07) is 11.8. The van der Waals surface area contributed by atoms with E-state index in [2.05, 4.69) is 47.8 Å². The van der Waals surface area contributed by atoms with Crippen molar-refractivity contribution in [2.75, 3.05) is 0 Å². The molecule has 3 aromatic rings. The molecule has 5 rings (SSSR count). The van der Waals surface area contributed by atoms with E-state index in [-0.39, 0.29) is 11.8 Å². The molecule has 29 heavy (non-hydrogen) atoms. The summed E-state index contributed by atoms with van der Waals surface area (Å²) in [4.78, 5) is 21.4. The topological polar surface area (TPSA) is 73.0 Å². The van der Waals surface area contributed by atoms with E-state index in [0.717, 1.165) is 51.6 Å². The van der Waals surface area contributed by atoms with E-state index >= 15 is 0 Å². The Labute approximate surface area is 177 Å². The fourth-order valence-corrected chi connectivity index (χ4v) is 4.16. The molecular formula is C22H20BrN5O. The van der Waals surface area contributed by atoms with Crippen LogP contribution in [0.4, 0.5) is 0 Å². The Balaban J connectivity index is 1.75. The first-order chi connectivity index (χ1) is 14.1. The Morgan fingerprint density at radius 1 is 1.17 bits per heavy atom. The van der Waals surface area contributed by atoms with Crippen LogP contribution in [0.1, 0.15) is 67.5 Å². The SMILES string of the molecule is CC(=O)CC[C@@H]1N=C(c2ccccn2)c2cc(Br)ccc2-n2c(C3CC3)nnc21. The molecule has 1 fully saturated rings. The first kappa shape index (κ1) is 18.4. The normalized spacial score (nSPS) is 17.9. The van der Waals surface area contributed by atoms with Crippen LogP contribution in [0.15, 0.2) is 52.1 Å². The predicted molar refractivity (Wildman–Crippen MR) is 114 cm³/mol. The number of hydrogen-bond acceptors (Lipinski definition) is 5. The van der Waals surface area contributed by atoms with Gasteiger partial charge in [-0.05, 0) is 56.5 Å². The maximum atomic E-state index is 11.7. The van der Waals surface area contributed by atoms with Gasteiger partial charge in [-0.2, -0.15) is 0 Å². The van der Waals surface area contributed by atoms with Gasteiger partial charge < -0.3 is 4.79 Å². The largest absolute Gasteiger partial charge is 0.300 e. The molecule has 0 spiro atoms. The van der Waals surface area contributed by atoms with Gasteiger partial charge in [0.05, 0.1) is 17.1 Å².